The molecule has 1 aliphatic heterocycles. The van der Waals surface area contributed by atoms with E-state index in [2.05, 4.69) is 11.2 Å². The van der Waals surface area contributed by atoms with Crippen LogP contribution in [0.15, 0.2) is 42.5 Å². The number of ether oxygens (including phenoxy) is 2. The van der Waals surface area contributed by atoms with Crippen LogP contribution in [-0.2, 0) is 27.4 Å². The number of rotatable bonds is 7. The lowest BCUT2D eigenvalue weighted by Gasteiger charge is -2.33. The van der Waals surface area contributed by atoms with Crippen molar-refractivity contribution < 1.29 is 29.0 Å². The van der Waals surface area contributed by atoms with Crippen molar-refractivity contribution in [2.75, 3.05) is 18.0 Å². The Kier molecular flexibility index (Phi) is 6.78. The summed E-state index contributed by atoms with van der Waals surface area (Å²) in [6.07, 6.45) is 3.87. The molecule has 0 aromatic heterocycles. The van der Waals surface area contributed by atoms with Crippen LogP contribution < -0.4 is 15.0 Å². The van der Waals surface area contributed by atoms with Gasteiger partial charge in [-0.25, -0.2) is 4.79 Å². The molecule has 0 unspecified atom stereocenters. The number of fused-ring (bicyclic) bond motifs is 1. The Balaban J connectivity index is 1.68. The highest BCUT2D eigenvalue weighted by Gasteiger charge is 2.32. The van der Waals surface area contributed by atoms with Gasteiger partial charge in [0.2, 0.25) is 0 Å². The number of benzene rings is 2. The quantitative estimate of drug-likeness (QED) is 0.664. The fourth-order valence-corrected chi connectivity index (χ4v) is 3.21. The van der Waals surface area contributed by atoms with Gasteiger partial charge in [0, 0.05) is 18.7 Å². The zero-order valence-electron chi connectivity index (χ0n) is 17.0. The van der Waals surface area contributed by atoms with Crippen molar-refractivity contribution in [1.82, 2.24) is 5.32 Å². The third-order valence-electron chi connectivity index (χ3n) is 4.71. The first-order chi connectivity index (χ1) is 14.9. The van der Waals surface area contributed by atoms with E-state index in [-0.39, 0.29) is 32.0 Å². The van der Waals surface area contributed by atoms with Gasteiger partial charge in [-0.2, -0.15) is 0 Å². The van der Waals surface area contributed by atoms with Gasteiger partial charge in [0.15, 0.2) is 6.10 Å². The maximum atomic E-state index is 12.7. The van der Waals surface area contributed by atoms with Crippen LogP contribution in [0.3, 0.4) is 0 Å². The van der Waals surface area contributed by atoms with Crippen molar-refractivity contribution in [1.29, 1.82) is 0 Å². The number of hydrogen-bond acceptors (Lipinski definition) is 5. The summed E-state index contributed by atoms with van der Waals surface area (Å²) in [6.45, 7) is 2.04. The van der Waals surface area contributed by atoms with Crippen LogP contribution in [0.1, 0.15) is 23.6 Å². The lowest BCUT2D eigenvalue weighted by molar-refractivity contribution is -0.136. The maximum Gasteiger partial charge on any atom is 0.407 e. The summed E-state index contributed by atoms with van der Waals surface area (Å²) < 4.78 is 10.8. The number of amides is 2. The topological polar surface area (TPSA) is 105 Å². The van der Waals surface area contributed by atoms with E-state index < -0.39 is 18.2 Å². The summed E-state index contributed by atoms with van der Waals surface area (Å²) in [5, 5.41) is 11.8. The van der Waals surface area contributed by atoms with Gasteiger partial charge in [-0.1, -0.05) is 36.3 Å². The summed E-state index contributed by atoms with van der Waals surface area (Å²) in [6, 6.07) is 12.4. The molecule has 160 valence electrons. The molecule has 2 aromatic carbocycles. The fraction of sp³-hybridized carbons (Fsp3) is 0.261. The van der Waals surface area contributed by atoms with Gasteiger partial charge in [-0.15, -0.1) is 6.42 Å². The number of carboxylic acid groups (broad SMARTS) is 1. The Hall–Kier alpha value is -3.99. The number of aliphatic carboxylic acids is 1. The van der Waals surface area contributed by atoms with Crippen LogP contribution in [0.2, 0.25) is 0 Å². The summed E-state index contributed by atoms with van der Waals surface area (Å²) >= 11 is 0. The molecule has 2 aromatic rings. The first-order valence-corrected chi connectivity index (χ1v) is 9.67. The Morgan fingerprint density at radius 1 is 1.29 bits per heavy atom. The van der Waals surface area contributed by atoms with Crippen LogP contribution in [0.4, 0.5) is 10.5 Å². The Bertz CT molecular complexity index is 1030. The predicted octanol–water partition coefficient (Wildman–Crippen LogP) is 2.34. The molecule has 2 N–H and O–H groups in total. The number of carboxylic acids is 1. The molecule has 0 spiro atoms. The first-order valence-electron chi connectivity index (χ1n) is 9.67. The molecule has 3 rings (SSSR count). The summed E-state index contributed by atoms with van der Waals surface area (Å²) in [5.41, 5.74) is 2.07. The fourth-order valence-electron chi connectivity index (χ4n) is 3.21. The summed E-state index contributed by atoms with van der Waals surface area (Å²) in [5.74, 6) is 1.50. The monoisotopic (exact) mass is 422 g/mol. The van der Waals surface area contributed by atoms with Gasteiger partial charge in [0.25, 0.3) is 5.91 Å². The molecule has 1 heterocycles. The van der Waals surface area contributed by atoms with E-state index in [0.717, 1.165) is 5.56 Å². The van der Waals surface area contributed by atoms with Crippen LogP contribution >= 0.6 is 0 Å². The number of carbonyl (C=O) groups excluding carboxylic acids is 2. The van der Waals surface area contributed by atoms with Crippen LogP contribution in [0.5, 0.6) is 5.75 Å². The molecule has 0 aliphatic carbocycles. The lowest BCUT2D eigenvalue weighted by Crippen LogP contribution is -2.47. The molecule has 8 nitrogen and oxygen atoms in total. The van der Waals surface area contributed by atoms with Crippen molar-refractivity contribution in [3.05, 3.63) is 59.2 Å². The smallest absolute Gasteiger partial charge is 0.407 e. The lowest BCUT2D eigenvalue weighted by atomic mass is 10.0. The molecule has 0 radical (unpaired) electrons. The van der Waals surface area contributed by atoms with Crippen molar-refractivity contribution in [2.45, 2.75) is 26.1 Å². The summed E-state index contributed by atoms with van der Waals surface area (Å²) in [7, 11) is 0. The van der Waals surface area contributed by atoms with E-state index in [9.17, 15) is 14.4 Å². The van der Waals surface area contributed by atoms with Gasteiger partial charge in [-0.3, -0.25) is 9.59 Å². The highest BCUT2D eigenvalue weighted by molar-refractivity contribution is 6.00. The van der Waals surface area contributed by atoms with Crippen LogP contribution in [0, 0.1) is 12.3 Å². The van der Waals surface area contributed by atoms with E-state index in [1.165, 1.54) is 4.90 Å². The van der Waals surface area contributed by atoms with Gasteiger partial charge < -0.3 is 24.8 Å². The minimum Gasteiger partial charge on any atom is -0.481 e. The molecular weight excluding hydrogens is 400 g/mol. The third-order valence-corrected chi connectivity index (χ3v) is 4.71. The molecule has 0 saturated carbocycles. The highest BCUT2D eigenvalue weighted by Crippen LogP contribution is 2.36. The van der Waals surface area contributed by atoms with Gasteiger partial charge in [0.05, 0.1) is 12.1 Å². The van der Waals surface area contributed by atoms with Crippen molar-refractivity contribution in [3.63, 3.8) is 0 Å². The maximum absolute atomic E-state index is 12.7. The number of nitrogens with zero attached hydrogens (tertiary/aromatic N) is 1. The number of carbonyl (C=O) groups is 3. The average molecular weight is 422 g/mol. The first kappa shape index (κ1) is 21.7. The number of alkyl carbamates (subject to hydrolysis) is 1. The molecule has 1 atom stereocenters. The van der Waals surface area contributed by atoms with E-state index in [0.29, 0.717) is 22.6 Å². The molecule has 0 fully saturated rings. The van der Waals surface area contributed by atoms with Crippen LogP contribution in [-0.4, -0.2) is 42.3 Å². The molecular formula is C23H22N2O6. The second-order valence-electron chi connectivity index (χ2n) is 6.93. The number of nitrogens with one attached hydrogen (secondary N) is 1. The standard InChI is InChI=1S/C23H22N2O6/c1-3-17-12-20-19(11-18(17)13-21(26)27)25(22(28)15(2)31-20)10-9-24-23(29)30-14-16-7-5-4-6-8-16/h1,4-8,11-12,15H,9-10,13-14H2,2H3,(H,24,29)(H,26,27)/t15-/m1/s1. The van der Waals surface area contributed by atoms with Gasteiger partial charge in [0.1, 0.15) is 12.4 Å². The molecule has 0 bridgehead atoms. The van der Waals surface area contributed by atoms with Crippen molar-refractivity contribution in [2.24, 2.45) is 0 Å². The predicted molar refractivity (Wildman–Crippen MR) is 113 cm³/mol. The SMILES string of the molecule is C#Cc1cc2c(cc1CC(=O)O)N(CCNC(=O)OCc1ccccc1)C(=O)[C@@H](C)O2. The normalized spacial score (nSPS) is 14.8. The van der Waals surface area contributed by atoms with Crippen molar-refractivity contribution in [3.8, 4) is 18.1 Å². The Morgan fingerprint density at radius 2 is 2.03 bits per heavy atom. The number of anilines is 1. The second kappa shape index (κ2) is 9.67. The zero-order chi connectivity index (χ0) is 22.4. The van der Waals surface area contributed by atoms with Gasteiger partial charge in [-0.05, 0) is 30.2 Å². The van der Waals surface area contributed by atoms with E-state index in [4.69, 9.17) is 21.0 Å². The largest absolute Gasteiger partial charge is 0.481 e. The summed E-state index contributed by atoms with van der Waals surface area (Å²) in [4.78, 5) is 37.2. The van der Waals surface area contributed by atoms with Crippen molar-refractivity contribution >= 4 is 23.7 Å². The molecule has 8 heteroatoms. The number of terminal acetylenes is 1. The Morgan fingerprint density at radius 3 is 2.71 bits per heavy atom. The van der Waals surface area contributed by atoms with E-state index in [1.807, 2.05) is 30.3 Å². The third kappa shape index (κ3) is 5.34. The minimum atomic E-state index is -1.04. The average Bonchev–Trinajstić information content (AvgIpc) is 2.75. The van der Waals surface area contributed by atoms with Crippen LogP contribution in [0.25, 0.3) is 0 Å². The van der Waals surface area contributed by atoms with E-state index >= 15 is 0 Å². The molecule has 31 heavy (non-hydrogen) atoms. The number of hydrogen-bond donors (Lipinski definition) is 2. The zero-order valence-corrected chi connectivity index (χ0v) is 17.0. The molecule has 1 aliphatic rings. The molecule has 2 amide bonds. The van der Waals surface area contributed by atoms with E-state index in [1.54, 1.807) is 19.1 Å². The molecule has 0 saturated heterocycles. The highest BCUT2D eigenvalue weighted by atomic mass is 16.5. The minimum absolute atomic E-state index is 0.135. The Labute approximate surface area is 179 Å². The van der Waals surface area contributed by atoms with Gasteiger partial charge >= 0.3 is 12.1 Å². The second-order valence-corrected chi connectivity index (χ2v) is 6.93.